The van der Waals surface area contributed by atoms with Crippen LogP contribution in [0.25, 0.3) is 0 Å². The fourth-order valence-corrected chi connectivity index (χ4v) is 4.74. The zero-order chi connectivity index (χ0) is 21.1. The van der Waals surface area contributed by atoms with Crippen molar-refractivity contribution in [2.24, 2.45) is 0 Å². The van der Waals surface area contributed by atoms with Crippen molar-refractivity contribution in [3.05, 3.63) is 0 Å². The summed E-state index contributed by atoms with van der Waals surface area (Å²) in [6, 6.07) is 0. The van der Waals surface area contributed by atoms with Gasteiger partial charge in [0.05, 0.1) is 16.2 Å². The predicted octanol–water partition coefficient (Wildman–Crippen LogP) is 3.72. The topological polar surface area (TPSA) is 77.4 Å². The normalized spacial score (nSPS) is 13.8. The van der Waals surface area contributed by atoms with Gasteiger partial charge in [0.15, 0.2) is 0 Å². The zero-order valence-corrected chi connectivity index (χ0v) is 23.6. The summed E-state index contributed by atoms with van der Waals surface area (Å²) in [6.45, 7) is 4.39. The van der Waals surface area contributed by atoms with Crippen LogP contribution in [0.5, 0.6) is 0 Å². The third-order valence-electron chi connectivity index (χ3n) is 5.74. The number of rotatable bonds is 21. The quantitative estimate of drug-likeness (QED) is 0.162. The van der Waals surface area contributed by atoms with Crippen molar-refractivity contribution in [2.45, 2.75) is 147 Å². The molecule has 0 heterocycles. The number of aliphatic hydroxyl groups excluding tert-OH is 1. The first-order valence-electron chi connectivity index (χ1n) is 12.0. The smallest absolute Gasteiger partial charge is 0.748 e. The third kappa shape index (κ3) is 22.5. The Morgan fingerprint density at radius 2 is 0.966 bits per heavy atom. The number of hydrogen-bond donors (Lipinski definition) is 1. The van der Waals surface area contributed by atoms with Crippen LogP contribution in [0.1, 0.15) is 136 Å². The molecular formula is C23H47KO4S. The van der Waals surface area contributed by atoms with E-state index in [9.17, 15) is 18.1 Å². The van der Waals surface area contributed by atoms with Crippen LogP contribution in [0.4, 0.5) is 0 Å². The summed E-state index contributed by atoms with van der Waals surface area (Å²) >= 11 is 0. The maximum atomic E-state index is 11.5. The molecule has 6 heteroatoms. The van der Waals surface area contributed by atoms with E-state index in [1.165, 1.54) is 57.8 Å². The second-order valence-electron chi connectivity index (χ2n) is 8.52. The fraction of sp³-hybridized carbons (Fsp3) is 1.00. The summed E-state index contributed by atoms with van der Waals surface area (Å²) in [7, 11) is -4.23. The van der Waals surface area contributed by atoms with Crippen molar-refractivity contribution in [3.8, 4) is 0 Å². The van der Waals surface area contributed by atoms with Gasteiger partial charge in [0.1, 0.15) is 0 Å². The SMILES string of the molecule is CCCCCCCCCCCCC(CCCC(O)CCCCCC)S(=O)(=O)[O-].[K+]. The summed E-state index contributed by atoms with van der Waals surface area (Å²) in [5, 5.41) is 9.23. The molecule has 0 saturated carbocycles. The van der Waals surface area contributed by atoms with E-state index in [0.29, 0.717) is 25.7 Å². The minimum Gasteiger partial charge on any atom is -0.748 e. The standard InChI is InChI=1S/C23H48O4S.K/c1-3-5-7-9-10-11-12-13-14-16-20-23(28(25,26)27)21-17-19-22(24)18-15-8-6-4-2;/h22-24H,3-21H2,1-2H3,(H,25,26,27);/q;+1/p-1. The van der Waals surface area contributed by atoms with Crippen LogP contribution in [0.3, 0.4) is 0 Å². The molecule has 0 saturated heterocycles. The van der Waals surface area contributed by atoms with E-state index in [1.807, 2.05) is 0 Å². The van der Waals surface area contributed by atoms with Gasteiger partial charge < -0.3 is 9.66 Å². The van der Waals surface area contributed by atoms with E-state index in [0.717, 1.165) is 38.5 Å². The molecular weight excluding hydrogens is 411 g/mol. The molecule has 0 aliphatic carbocycles. The molecule has 0 aromatic rings. The van der Waals surface area contributed by atoms with Crippen LogP contribution in [-0.2, 0) is 10.1 Å². The van der Waals surface area contributed by atoms with Gasteiger partial charge in [-0.3, -0.25) is 0 Å². The van der Waals surface area contributed by atoms with Gasteiger partial charge in [-0.1, -0.05) is 104 Å². The molecule has 0 radical (unpaired) electrons. The number of unbranched alkanes of at least 4 members (excludes halogenated alkanes) is 12. The summed E-state index contributed by atoms with van der Waals surface area (Å²) in [5.41, 5.74) is 0. The van der Waals surface area contributed by atoms with E-state index in [2.05, 4.69) is 13.8 Å². The molecule has 0 aromatic heterocycles. The van der Waals surface area contributed by atoms with Gasteiger partial charge in [0, 0.05) is 5.25 Å². The van der Waals surface area contributed by atoms with Gasteiger partial charge in [-0.2, -0.15) is 0 Å². The van der Waals surface area contributed by atoms with Crippen LogP contribution in [0.15, 0.2) is 0 Å². The molecule has 0 aliphatic rings. The van der Waals surface area contributed by atoms with Crippen molar-refractivity contribution < 1.29 is 69.5 Å². The van der Waals surface area contributed by atoms with Crippen molar-refractivity contribution in [2.75, 3.05) is 0 Å². The molecule has 1 N–H and O–H groups in total. The predicted molar refractivity (Wildman–Crippen MR) is 119 cm³/mol. The maximum absolute atomic E-state index is 11.5. The first kappa shape index (κ1) is 32.7. The molecule has 0 fully saturated rings. The Morgan fingerprint density at radius 1 is 0.621 bits per heavy atom. The monoisotopic (exact) mass is 458 g/mol. The molecule has 0 rings (SSSR count). The molecule has 0 bridgehead atoms. The second-order valence-corrected chi connectivity index (χ2v) is 10.2. The van der Waals surface area contributed by atoms with Gasteiger partial charge in [0.2, 0.25) is 0 Å². The Kier molecular flexibility index (Phi) is 25.6. The molecule has 4 nitrogen and oxygen atoms in total. The molecule has 29 heavy (non-hydrogen) atoms. The van der Waals surface area contributed by atoms with Crippen molar-refractivity contribution in [1.82, 2.24) is 0 Å². The van der Waals surface area contributed by atoms with E-state index in [4.69, 9.17) is 0 Å². The van der Waals surface area contributed by atoms with E-state index in [1.54, 1.807) is 0 Å². The van der Waals surface area contributed by atoms with Crippen molar-refractivity contribution in [3.63, 3.8) is 0 Å². The summed E-state index contributed by atoms with van der Waals surface area (Å²) in [4.78, 5) is 0. The van der Waals surface area contributed by atoms with Crippen molar-refractivity contribution in [1.29, 1.82) is 0 Å². The van der Waals surface area contributed by atoms with E-state index < -0.39 is 15.4 Å². The molecule has 0 aliphatic heterocycles. The number of hydrogen-bond acceptors (Lipinski definition) is 4. The van der Waals surface area contributed by atoms with Gasteiger partial charge in [0.25, 0.3) is 0 Å². The Labute approximate surface area is 224 Å². The largest absolute Gasteiger partial charge is 1.00 e. The average molecular weight is 459 g/mol. The molecule has 2 atom stereocenters. The first-order valence-corrected chi connectivity index (χ1v) is 13.5. The molecule has 0 amide bonds. The minimum atomic E-state index is -4.23. The third-order valence-corrected chi connectivity index (χ3v) is 7.03. The Hall–Kier alpha value is 1.51. The van der Waals surface area contributed by atoms with Gasteiger partial charge in [-0.05, 0) is 32.1 Å². The fourth-order valence-electron chi connectivity index (χ4n) is 3.82. The minimum absolute atomic E-state index is 0. The van der Waals surface area contributed by atoms with Crippen LogP contribution in [0, 0.1) is 0 Å². The molecule has 0 aromatic carbocycles. The molecule has 2 unspecified atom stereocenters. The zero-order valence-electron chi connectivity index (χ0n) is 19.7. The van der Waals surface area contributed by atoms with Gasteiger partial charge in [-0.15, -0.1) is 0 Å². The Bertz CT molecular complexity index is 429. The van der Waals surface area contributed by atoms with Crippen molar-refractivity contribution >= 4 is 10.1 Å². The Morgan fingerprint density at radius 3 is 1.45 bits per heavy atom. The van der Waals surface area contributed by atoms with Gasteiger partial charge >= 0.3 is 51.4 Å². The van der Waals surface area contributed by atoms with E-state index >= 15 is 0 Å². The van der Waals surface area contributed by atoms with Crippen LogP contribution < -0.4 is 51.4 Å². The number of aliphatic hydroxyl groups is 1. The van der Waals surface area contributed by atoms with Crippen LogP contribution in [0.2, 0.25) is 0 Å². The Balaban J connectivity index is 0. The molecule has 0 spiro atoms. The molecule has 170 valence electrons. The van der Waals surface area contributed by atoms with Crippen LogP contribution in [-0.4, -0.2) is 29.4 Å². The second kappa shape index (κ2) is 22.7. The van der Waals surface area contributed by atoms with Crippen LogP contribution >= 0.6 is 0 Å². The summed E-state index contributed by atoms with van der Waals surface area (Å²) in [5.74, 6) is 0. The average Bonchev–Trinajstić information content (AvgIpc) is 2.64. The first-order chi connectivity index (χ1) is 13.4. The summed E-state index contributed by atoms with van der Waals surface area (Å²) < 4.78 is 34.6. The van der Waals surface area contributed by atoms with Gasteiger partial charge in [-0.25, -0.2) is 8.42 Å². The maximum Gasteiger partial charge on any atom is 1.00 e. The summed E-state index contributed by atoms with van der Waals surface area (Å²) in [6.07, 6.45) is 19.1. The van der Waals surface area contributed by atoms with E-state index in [-0.39, 0.29) is 57.5 Å².